The quantitative estimate of drug-likeness (QED) is 0.470. The molecule has 0 aliphatic heterocycles. The Hall–Kier alpha value is -2.42. The molecule has 2 saturated carbocycles. The van der Waals surface area contributed by atoms with Crippen LogP contribution in [0.1, 0.15) is 71.8 Å². The van der Waals surface area contributed by atoms with Crippen molar-refractivity contribution in [3.05, 3.63) is 18.2 Å². The predicted molar refractivity (Wildman–Crippen MR) is 136 cm³/mol. The summed E-state index contributed by atoms with van der Waals surface area (Å²) in [5.41, 5.74) is 8.16. The summed E-state index contributed by atoms with van der Waals surface area (Å²) in [5.74, 6) is 0.657. The molecule has 0 unspecified atom stereocenters. The van der Waals surface area contributed by atoms with Gasteiger partial charge in [0.1, 0.15) is 5.60 Å². The van der Waals surface area contributed by atoms with Crippen LogP contribution in [0.25, 0.3) is 11.0 Å². The van der Waals surface area contributed by atoms with Gasteiger partial charge < -0.3 is 25.7 Å². The molecule has 0 atom stereocenters. The number of nitrogen functional groups attached to an aromatic ring is 1. The third-order valence-corrected chi connectivity index (χ3v) is 6.16. The maximum Gasteiger partial charge on any atom is 0.407 e. The van der Waals surface area contributed by atoms with Crippen molar-refractivity contribution in [1.82, 2.24) is 14.9 Å². The van der Waals surface area contributed by atoms with Crippen LogP contribution in [0.4, 0.5) is 16.4 Å². The molecule has 0 spiro atoms. The van der Waals surface area contributed by atoms with Crippen LogP contribution in [0.5, 0.6) is 0 Å². The molecule has 1 heterocycles. The zero-order valence-electron chi connectivity index (χ0n) is 20.1. The van der Waals surface area contributed by atoms with Gasteiger partial charge in [-0.3, -0.25) is 4.79 Å². The van der Waals surface area contributed by atoms with Crippen molar-refractivity contribution in [3.63, 3.8) is 0 Å². The lowest BCUT2D eigenvalue weighted by molar-refractivity contribution is -0.120. The lowest BCUT2D eigenvalue weighted by Gasteiger charge is -2.37. The molecule has 2 aliphatic carbocycles. The van der Waals surface area contributed by atoms with Crippen LogP contribution in [0.3, 0.4) is 0 Å². The smallest absolute Gasteiger partial charge is 0.407 e. The number of rotatable bonds is 4. The first-order chi connectivity index (χ1) is 15.7. The van der Waals surface area contributed by atoms with Gasteiger partial charge in [0.25, 0.3) is 0 Å². The fraction of sp³-hybridized carbons (Fsp3) is 0.625. The molecule has 8 nitrogen and oxygen atoms in total. The first-order valence-corrected chi connectivity index (χ1v) is 12.6. The van der Waals surface area contributed by atoms with Crippen molar-refractivity contribution in [2.24, 2.45) is 5.92 Å². The molecule has 2 aromatic rings. The molecule has 2 amide bonds. The normalized spacial score (nSPS) is 20.9. The molecule has 0 bridgehead atoms. The van der Waals surface area contributed by atoms with Gasteiger partial charge in [0.2, 0.25) is 11.9 Å². The van der Waals surface area contributed by atoms with E-state index in [0.29, 0.717) is 5.95 Å². The zero-order chi connectivity index (χ0) is 24.2. The summed E-state index contributed by atoms with van der Waals surface area (Å²) < 4.78 is 7.35. The topological polar surface area (TPSA) is 111 Å². The van der Waals surface area contributed by atoms with Gasteiger partial charge in [-0.15, -0.1) is 0 Å². The van der Waals surface area contributed by atoms with E-state index in [2.05, 4.69) is 28.2 Å². The van der Waals surface area contributed by atoms with Crippen molar-refractivity contribution >= 4 is 47.3 Å². The summed E-state index contributed by atoms with van der Waals surface area (Å²) in [6.07, 6.45) is 8.27. The van der Waals surface area contributed by atoms with E-state index in [9.17, 15) is 9.59 Å². The summed E-state index contributed by atoms with van der Waals surface area (Å²) in [4.78, 5) is 29.0. The molecule has 4 N–H and O–H groups in total. The monoisotopic (exact) mass is 475 g/mol. The van der Waals surface area contributed by atoms with Crippen molar-refractivity contribution in [1.29, 1.82) is 0 Å². The fourth-order valence-corrected chi connectivity index (χ4v) is 4.58. The molecular weight excluding hydrogens is 438 g/mol. The number of amides is 2. The number of imidazole rings is 1. The van der Waals surface area contributed by atoms with E-state index < -0.39 is 11.7 Å². The Kier molecular flexibility index (Phi) is 8.15. The Labute approximate surface area is 201 Å². The number of alkyl carbamates (subject to hydrolysis) is 1. The highest BCUT2D eigenvalue weighted by molar-refractivity contribution is 7.79. The van der Waals surface area contributed by atoms with E-state index in [4.69, 9.17) is 10.5 Å². The van der Waals surface area contributed by atoms with E-state index in [1.165, 1.54) is 6.42 Å². The van der Waals surface area contributed by atoms with Gasteiger partial charge in [0.05, 0.1) is 11.0 Å². The number of aromatic nitrogens is 2. The minimum absolute atomic E-state index is 0.0609. The summed E-state index contributed by atoms with van der Waals surface area (Å²) in [5, 5.41) is 5.96. The highest BCUT2D eigenvalue weighted by Gasteiger charge is 2.34. The number of carbonyl (C=O) groups excluding carboxylic acids is 2. The lowest BCUT2D eigenvalue weighted by Crippen LogP contribution is -2.46. The van der Waals surface area contributed by atoms with Gasteiger partial charge in [-0.1, -0.05) is 19.3 Å². The molecule has 182 valence electrons. The largest absolute Gasteiger partial charge is 0.444 e. The Morgan fingerprint density at radius 1 is 1.15 bits per heavy atom. The number of anilines is 2. The Balaban J connectivity index is 0.00000149. The molecule has 0 radical (unpaired) electrons. The number of hydrogen-bond donors (Lipinski definition) is 4. The van der Waals surface area contributed by atoms with Gasteiger partial charge >= 0.3 is 6.09 Å². The lowest BCUT2D eigenvalue weighted by atomic mass is 9.86. The highest BCUT2D eigenvalue weighted by atomic mass is 32.1. The summed E-state index contributed by atoms with van der Waals surface area (Å²) in [6.45, 7) is 5.54. The maximum absolute atomic E-state index is 12.5. The molecule has 1 aromatic heterocycles. The summed E-state index contributed by atoms with van der Waals surface area (Å²) >= 11 is 3.53. The molecular formula is C24H37N5O3S. The number of nitrogens with one attached hydrogen (secondary N) is 2. The minimum atomic E-state index is -0.512. The first kappa shape index (κ1) is 25.2. The summed E-state index contributed by atoms with van der Waals surface area (Å²) in [6, 6.07) is 6.00. The Bertz CT molecular complexity index is 972. The third-order valence-electron chi connectivity index (χ3n) is 6.16. The fourth-order valence-electron chi connectivity index (χ4n) is 4.58. The molecule has 9 heteroatoms. The van der Waals surface area contributed by atoms with Gasteiger partial charge in [0.15, 0.2) is 0 Å². The SMILES string of the molecule is CC(C)(C)OC(=O)NC1CC(n2c(N)nc3cc(NC(=O)C4CCCCC4)ccc32)C1.CS. The maximum atomic E-state index is 12.5. The van der Waals surface area contributed by atoms with Crippen molar-refractivity contribution < 1.29 is 14.3 Å². The number of ether oxygens (including phenoxy) is 1. The predicted octanol–water partition coefficient (Wildman–Crippen LogP) is 4.91. The van der Waals surface area contributed by atoms with Crippen molar-refractivity contribution in [2.45, 2.75) is 83.4 Å². The van der Waals surface area contributed by atoms with E-state index >= 15 is 0 Å². The number of carbonyl (C=O) groups is 2. The standard InChI is InChI=1S/C23H33N5O3.CH4S/c1-23(2,3)31-22(30)26-16-11-17(12-16)28-19-10-9-15(13-18(19)27-21(28)24)25-20(29)14-7-5-4-6-8-14;1-2/h9-10,13-14,16-17H,4-8,11-12H2,1-3H3,(H2,24,27)(H,25,29)(H,26,30);2H,1H3. The van der Waals surface area contributed by atoms with E-state index in [0.717, 1.165) is 55.2 Å². The van der Waals surface area contributed by atoms with Crippen molar-refractivity contribution in [3.8, 4) is 0 Å². The second kappa shape index (κ2) is 10.7. The number of thiol groups is 1. The van der Waals surface area contributed by atoms with Crippen LogP contribution < -0.4 is 16.4 Å². The van der Waals surface area contributed by atoms with Crippen LogP contribution in [-0.4, -0.2) is 39.5 Å². The molecule has 0 saturated heterocycles. The van der Waals surface area contributed by atoms with E-state index in [1.807, 2.05) is 43.5 Å². The third kappa shape index (κ3) is 6.34. The molecule has 1 aromatic carbocycles. The first-order valence-electron chi connectivity index (χ1n) is 11.7. The average Bonchev–Trinajstić information content (AvgIpc) is 3.06. The molecule has 4 rings (SSSR count). The van der Waals surface area contributed by atoms with Crippen LogP contribution in [-0.2, 0) is 9.53 Å². The van der Waals surface area contributed by atoms with Crippen LogP contribution in [0.2, 0.25) is 0 Å². The van der Waals surface area contributed by atoms with Crippen LogP contribution in [0.15, 0.2) is 18.2 Å². The zero-order valence-corrected chi connectivity index (χ0v) is 21.0. The average molecular weight is 476 g/mol. The number of nitrogens with two attached hydrogens (primary N) is 1. The minimum Gasteiger partial charge on any atom is -0.444 e. The van der Waals surface area contributed by atoms with Crippen molar-refractivity contribution in [2.75, 3.05) is 17.3 Å². The second-order valence-corrected chi connectivity index (χ2v) is 9.84. The number of nitrogens with zero attached hydrogens (tertiary/aromatic N) is 2. The molecule has 33 heavy (non-hydrogen) atoms. The van der Waals surface area contributed by atoms with E-state index in [1.54, 1.807) is 6.26 Å². The van der Waals surface area contributed by atoms with Crippen LogP contribution in [0, 0.1) is 5.92 Å². The number of hydrogen-bond acceptors (Lipinski definition) is 6. The van der Waals surface area contributed by atoms with Crippen LogP contribution >= 0.6 is 12.6 Å². The second-order valence-electron chi connectivity index (χ2n) is 9.84. The van der Waals surface area contributed by atoms with Gasteiger partial charge in [-0.2, -0.15) is 12.6 Å². The Morgan fingerprint density at radius 3 is 2.45 bits per heavy atom. The van der Waals surface area contributed by atoms with Gasteiger partial charge in [-0.25, -0.2) is 9.78 Å². The van der Waals surface area contributed by atoms with E-state index in [-0.39, 0.29) is 23.9 Å². The van der Waals surface area contributed by atoms with Gasteiger partial charge in [-0.05, 0) is 70.9 Å². The molecule has 2 fully saturated rings. The Morgan fingerprint density at radius 2 is 1.82 bits per heavy atom. The molecule has 2 aliphatic rings. The summed E-state index contributed by atoms with van der Waals surface area (Å²) in [7, 11) is 0. The van der Waals surface area contributed by atoms with Gasteiger partial charge in [0, 0.05) is 23.7 Å². The highest BCUT2D eigenvalue weighted by Crippen LogP contribution is 2.37. The number of fused-ring (bicyclic) bond motifs is 1. The number of benzene rings is 1.